The summed E-state index contributed by atoms with van der Waals surface area (Å²) in [6.07, 6.45) is 2.51. The lowest BCUT2D eigenvalue weighted by molar-refractivity contribution is 0.0698. The third-order valence-electron chi connectivity index (χ3n) is 4.22. The van der Waals surface area contributed by atoms with E-state index < -0.39 is 21.9 Å². The summed E-state index contributed by atoms with van der Waals surface area (Å²) < 4.78 is 25.1. The van der Waals surface area contributed by atoms with E-state index in [1.165, 1.54) is 16.4 Å². The van der Waals surface area contributed by atoms with E-state index in [9.17, 15) is 23.1 Å². The number of carboxylic acids is 1. The van der Waals surface area contributed by atoms with Gasteiger partial charge < -0.3 is 10.4 Å². The normalized spacial score (nSPS) is 13.8. The van der Waals surface area contributed by atoms with Gasteiger partial charge in [0.05, 0.1) is 23.2 Å². The second-order valence-electron chi connectivity index (χ2n) is 6.09. The Morgan fingerprint density at radius 1 is 1.15 bits per heavy atom. The molecule has 2 aromatic carbocycles. The quantitative estimate of drug-likeness (QED) is 0.855. The van der Waals surface area contributed by atoms with Gasteiger partial charge in [-0.3, -0.25) is 9.10 Å². The molecule has 2 aromatic rings. The highest BCUT2D eigenvalue weighted by atomic mass is 32.2. The van der Waals surface area contributed by atoms with Gasteiger partial charge in [0.1, 0.15) is 0 Å². The lowest BCUT2D eigenvalue weighted by Crippen LogP contribution is -2.34. The zero-order valence-electron chi connectivity index (χ0n) is 14.1. The molecule has 1 amide bonds. The lowest BCUT2D eigenvalue weighted by atomic mass is 10.0. The second-order valence-corrected chi connectivity index (χ2v) is 7.99. The van der Waals surface area contributed by atoms with Crippen LogP contribution in [0.15, 0.2) is 42.5 Å². The molecule has 3 rings (SSSR count). The van der Waals surface area contributed by atoms with E-state index in [4.69, 9.17) is 0 Å². The summed E-state index contributed by atoms with van der Waals surface area (Å²) in [5.41, 5.74) is 1.92. The van der Waals surface area contributed by atoms with Crippen molar-refractivity contribution in [3.05, 3.63) is 59.2 Å². The number of nitrogens with one attached hydrogen (secondary N) is 1. The molecule has 2 N–H and O–H groups in total. The lowest BCUT2D eigenvalue weighted by Gasteiger charge is -2.29. The number of carboxylic acid groups (broad SMARTS) is 1. The van der Waals surface area contributed by atoms with E-state index in [2.05, 4.69) is 5.32 Å². The molecule has 0 atom stereocenters. The van der Waals surface area contributed by atoms with Crippen LogP contribution in [0, 0.1) is 0 Å². The molecular formula is C18H18N2O5S. The Hall–Kier alpha value is -2.87. The largest absolute Gasteiger partial charge is 0.478 e. The number of hydrogen-bond donors (Lipinski definition) is 2. The molecule has 7 nitrogen and oxygen atoms in total. The first-order valence-corrected chi connectivity index (χ1v) is 9.86. The first kappa shape index (κ1) is 17.9. The first-order chi connectivity index (χ1) is 12.3. The van der Waals surface area contributed by atoms with Crippen LogP contribution in [0.3, 0.4) is 0 Å². The second kappa shape index (κ2) is 6.80. The number of amides is 1. The summed E-state index contributed by atoms with van der Waals surface area (Å²) in [5.74, 6) is -1.58. The number of nitrogens with zero attached hydrogens (tertiary/aromatic N) is 1. The number of fused-ring (bicyclic) bond motifs is 1. The predicted octanol–water partition coefficient (Wildman–Crippen LogP) is 2.35. The van der Waals surface area contributed by atoms with Crippen molar-refractivity contribution in [2.24, 2.45) is 0 Å². The van der Waals surface area contributed by atoms with E-state index in [0.717, 1.165) is 11.8 Å². The van der Waals surface area contributed by atoms with Gasteiger partial charge in [-0.05, 0) is 48.7 Å². The highest BCUT2D eigenvalue weighted by molar-refractivity contribution is 7.92. The molecule has 0 saturated carbocycles. The number of hydrogen-bond acceptors (Lipinski definition) is 4. The summed E-state index contributed by atoms with van der Waals surface area (Å²) in [4.78, 5) is 23.8. The van der Waals surface area contributed by atoms with Crippen LogP contribution in [0.2, 0.25) is 0 Å². The molecular weight excluding hydrogens is 356 g/mol. The van der Waals surface area contributed by atoms with Crippen molar-refractivity contribution in [3.8, 4) is 0 Å². The van der Waals surface area contributed by atoms with Crippen LogP contribution in [-0.2, 0) is 16.4 Å². The zero-order valence-corrected chi connectivity index (χ0v) is 14.9. The van der Waals surface area contributed by atoms with Crippen LogP contribution in [-0.4, -0.2) is 38.2 Å². The maximum Gasteiger partial charge on any atom is 0.337 e. The third kappa shape index (κ3) is 3.55. The number of rotatable bonds is 4. The maximum absolute atomic E-state index is 12.5. The average Bonchev–Trinajstić information content (AvgIpc) is 2.60. The molecule has 0 unspecified atom stereocenters. The van der Waals surface area contributed by atoms with Crippen LogP contribution in [0.1, 0.15) is 32.7 Å². The zero-order chi connectivity index (χ0) is 18.9. The summed E-state index contributed by atoms with van der Waals surface area (Å²) in [6, 6.07) is 11.0. The van der Waals surface area contributed by atoms with Gasteiger partial charge in [-0.25, -0.2) is 13.2 Å². The van der Waals surface area contributed by atoms with Crippen molar-refractivity contribution in [2.75, 3.05) is 22.4 Å². The van der Waals surface area contributed by atoms with Gasteiger partial charge in [-0.1, -0.05) is 12.1 Å². The van der Waals surface area contributed by atoms with Crippen LogP contribution in [0.5, 0.6) is 0 Å². The van der Waals surface area contributed by atoms with E-state index in [-0.39, 0.29) is 11.3 Å². The number of carbonyl (C=O) groups excluding carboxylic acids is 1. The van der Waals surface area contributed by atoms with Gasteiger partial charge in [-0.2, -0.15) is 0 Å². The van der Waals surface area contributed by atoms with Crippen LogP contribution in [0.25, 0.3) is 0 Å². The van der Waals surface area contributed by atoms with Crippen molar-refractivity contribution < 1.29 is 23.1 Å². The van der Waals surface area contributed by atoms with E-state index in [1.807, 2.05) is 0 Å². The van der Waals surface area contributed by atoms with E-state index >= 15 is 0 Å². The fourth-order valence-corrected chi connectivity index (χ4v) is 4.02. The number of carbonyl (C=O) groups is 2. The standard InChI is InChI=1S/C18H18N2O5S/c1-26(24,25)20-10-4-5-12-11-13(8-9-16(12)20)17(21)19-15-7-3-2-6-14(15)18(22)23/h2-3,6-9,11H,4-5,10H2,1H3,(H,19,21)(H,22,23). The van der Waals surface area contributed by atoms with Gasteiger partial charge in [0.25, 0.3) is 5.91 Å². The molecule has 0 radical (unpaired) electrons. The summed E-state index contributed by atoms with van der Waals surface area (Å²) in [6.45, 7) is 0.420. The molecule has 0 bridgehead atoms. The first-order valence-electron chi connectivity index (χ1n) is 8.01. The minimum absolute atomic E-state index is 0.00191. The smallest absolute Gasteiger partial charge is 0.337 e. The Balaban J connectivity index is 1.90. The monoisotopic (exact) mass is 374 g/mol. The topological polar surface area (TPSA) is 104 Å². The molecule has 0 aromatic heterocycles. The highest BCUT2D eigenvalue weighted by Gasteiger charge is 2.25. The average molecular weight is 374 g/mol. The molecule has 0 aliphatic carbocycles. The highest BCUT2D eigenvalue weighted by Crippen LogP contribution is 2.30. The van der Waals surface area contributed by atoms with Crippen LogP contribution in [0.4, 0.5) is 11.4 Å². The van der Waals surface area contributed by atoms with Crippen molar-refractivity contribution in [1.82, 2.24) is 0 Å². The fraction of sp³-hybridized carbons (Fsp3) is 0.222. The minimum atomic E-state index is -3.37. The third-order valence-corrected chi connectivity index (χ3v) is 5.40. The Bertz CT molecular complexity index is 985. The molecule has 26 heavy (non-hydrogen) atoms. The Kier molecular flexibility index (Phi) is 4.69. The van der Waals surface area contributed by atoms with E-state index in [1.54, 1.807) is 30.3 Å². The Labute approximate surface area is 151 Å². The van der Waals surface area contributed by atoms with Crippen molar-refractivity contribution >= 4 is 33.3 Å². The number of aromatic carboxylic acids is 1. The minimum Gasteiger partial charge on any atom is -0.478 e. The summed E-state index contributed by atoms with van der Waals surface area (Å²) in [7, 11) is -3.37. The molecule has 136 valence electrons. The summed E-state index contributed by atoms with van der Waals surface area (Å²) >= 11 is 0. The fourth-order valence-electron chi connectivity index (χ4n) is 3.02. The molecule has 0 saturated heterocycles. The van der Waals surface area contributed by atoms with Crippen molar-refractivity contribution in [2.45, 2.75) is 12.8 Å². The molecule has 1 aliphatic heterocycles. The van der Waals surface area contributed by atoms with Crippen LogP contribution >= 0.6 is 0 Å². The number of aryl methyl sites for hydroxylation is 1. The van der Waals surface area contributed by atoms with E-state index in [0.29, 0.717) is 30.6 Å². The van der Waals surface area contributed by atoms with Crippen LogP contribution < -0.4 is 9.62 Å². The van der Waals surface area contributed by atoms with Crippen molar-refractivity contribution in [3.63, 3.8) is 0 Å². The molecule has 1 aliphatic rings. The van der Waals surface area contributed by atoms with Gasteiger partial charge in [0.2, 0.25) is 10.0 Å². The Morgan fingerprint density at radius 3 is 2.58 bits per heavy atom. The molecule has 0 fully saturated rings. The summed E-state index contributed by atoms with van der Waals surface area (Å²) in [5, 5.41) is 11.8. The van der Waals surface area contributed by atoms with Gasteiger partial charge in [0, 0.05) is 12.1 Å². The predicted molar refractivity (Wildman–Crippen MR) is 98.3 cm³/mol. The maximum atomic E-state index is 12.5. The van der Waals surface area contributed by atoms with Crippen molar-refractivity contribution in [1.29, 1.82) is 0 Å². The number of anilines is 2. The molecule has 1 heterocycles. The van der Waals surface area contributed by atoms with Gasteiger partial charge >= 0.3 is 5.97 Å². The Morgan fingerprint density at radius 2 is 1.88 bits per heavy atom. The van der Waals surface area contributed by atoms with Gasteiger partial charge in [0.15, 0.2) is 0 Å². The number of para-hydroxylation sites is 1. The molecule has 8 heteroatoms. The SMILES string of the molecule is CS(=O)(=O)N1CCCc2cc(C(=O)Nc3ccccc3C(=O)O)ccc21. The number of benzene rings is 2. The van der Waals surface area contributed by atoms with Gasteiger partial charge in [-0.15, -0.1) is 0 Å². The molecule has 0 spiro atoms. The number of sulfonamides is 1.